The number of amides is 4. The molecule has 4 rings (SSSR count). The monoisotopic (exact) mass is 466 g/mol. The van der Waals surface area contributed by atoms with E-state index in [4.69, 9.17) is 0 Å². The van der Waals surface area contributed by atoms with Gasteiger partial charge in [0.2, 0.25) is 0 Å². The molecule has 2 aliphatic heterocycles. The number of rotatable bonds is 4. The van der Waals surface area contributed by atoms with Crippen LogP contribution in [0.5, 0.6) is 0 Å². The summed E-state index contributed by atoms with van der Waals surface area (Å²) in [5.74, 6) is -1.57. The van der Waals surface area contributed by atoms with E-state index in [9.17, 15) is 18.8 Å². The lowest BCUT2D eigenvalue weighted by atomic mass is 9.89. The summed E-state index contributed by atoms with van der Waals surface area (Å²) in [6, 6.07) is 13.6. The predicted octanol–water partition coefficient (Wildman–Crippen LogP) is 2.90. The average molecular weight is 467 g/mol. The van der Waals surface area contributed by atoms with Crippen LogP contribution in [0.15, 0.2) is 48.5 Å². The van der Waals surface area contributed by atoms with Crippen LogP contribution in [0.2, 0.25) is 0 Å². The van der Waals surface area contributed by atoms with E-state index < -0.39 is 11.8 Å². The van der Waals surface area contributed by atoms with Crippen molar-refractivity contribution in [3.05, 3.63) is 59.9 Å². The average Bonchev–Trinajstić information content (AvgIpc) is 2.78. The largest absolute Gasteiger partial charge is 0.343 e. The van der Waals surface area contributed by atoms with Gasteiger partial charge in [-0.15, -0.1) is 0 Å². The fourth-order valence-corrected chi connectivity index (χ4v) is 4.63. The number of carbonyl (C=O) groups excluding carboxylic acids is 3. The minimum absolute atomic E-state index is 0.0181. The molecule has 2 fully saturated rings. The van der Waals surface area contributed by atoms with Crippen LogP contribution in [0.25, 0.3) is 11.1 Å². The molecule has 34 heavy (non-hydrogen) atoms. The van der Waals surface area contributed by atoms with Gasteiger partial charge in [0.1, 0.15) is 5.82 Å². The Hall–Kier alpha value is -3.42. The lowest BCUT2D eigenvalue weighted by Gasteiger charge is -2.45. The van der Waals surface area contributed by atoms with E-state index in [0.29, 0.717) is 19.4 Å². The topological polar surface area (TPSA) is 73.0 Å². The molecule has 2 unspecified atom stereocenters. The first kappa shape index (κ1) is 23.7. The highest BCUT2D eigenvalue weighted by atomic mass is 19.1. The van der Waals surface area contributed by atoms with Crippen LogP contribution in [0, 0.1) is 5.82 Å². The van der Waals surface area contributed by atoms with Gasteiger partial charge in [-0.2, -0.15) is 0 Å². The number of likely N-dealkylation sites (N-methyl/N-ethyl adjacent to an activating group) is 1. The number of halogens is 1. The van der Waals surface area contributed by atoms with Gasteiger partial charge in [0, 0.05) is 33.7 Å². The molecule has 2 heterocycles. The van der Waals surface area contributed by atoms with Gasteiger partial charge in [-0.25, -0.2) is 9.18 Å². The molecule has 2 saturated heterocycles. The van der Waals surface area contributed by atoms with Crippen LogP contribution in [0.3, 0.4) is 0 Å². The summed E-state index contributed by atoms with van der Waals surface area (Å²) >= 11 is 0. The Morgan fingerprint density at radius 2 is 1.71 bits per heavy atom. The second-order valence-corrected chi connectivity index (χ2v) is 9.22. The maximum absolute atomic E-state index is 13.8. The molecule has 0 spiro atoms. The Labute approximate surface area is 199 Å². The Morgan fingerprint density at radius 3 is 2.35 bits per heavy atom. The van der Waals surface area contributed by atoms with Gasteiger partial charge in [0.05, 0.1) is 12.1 Å². The van der Waals surface area contributed by atoms with E-state index in [1.807, 2.05) is 40.1 Å². The van der Waals surface area contributed by atoms with Crippen molar-refractivity contribution in [1.29, 1.82) is 0 Å². The summed E-state index contributed by atoms with van der Waals surface area (Å²) in [6.07, 6.45) is 2.95. The van der Waals surface area contributed by atoms with E-state index in [1.54, 1.807) is 6.07 Å². The molecule has 2 aromatic rings. The zero-order valence-corrected chi connectivity index (χ0v) is 19.7. The number of urea groups is 1. The molecule has 1 N–H and O–H groups in total. The van der Waals surface area contributed by atoms with Gasteiger partial charge < -0.3 is 20.0 Å². The molecule has 8 heteroatoms. The van der Waals surface area contributed by atoms with Crippen molar-refractivity contribution in [2.24, 2.45) is 0 Å². The SMILES string of the molecule is CN(C)C(=O)C(=O)NC1CCCN(C(=O)N2CCC2)C1Cc1cccc(-c2cccc(F)c2)c1. The number of carbonyl (C=O) groups is 3. The van der Waals surface area contributed by atoms with Crippen LogP contribution < -0.4 is 5.32 Å². The molecule has 2 atom stereocenters. The van der Waals surface area contributed by atoms with Crippen LogP contribution in [-0.2, 0) is 16.0 Å². The first-order valence-corrected chi connectivity index (χ1v) is 11.8. The maximum Gasteiger partial charge on any atom is 0.320 e. The Bertz CT molecular complexity index is 1070. The second-order valence-electron chi connectivity index (χ2n) is 9.22. The van der Waals surface area contributed by atoms with Crippen molar-refractivity contribution in [2.75, 3.05) is 33.7 Å². The number of piperidine rings is 1. The summed E-state index contributed by atoms with van der Waals surface area (Å²) in [5.41, 5.74) is 2.64. The number of likely N-dealkylation sites (tertiary alicyclic amines) is 2. The zero-order chi connectivity index (χ0) is 24.2. The zero-order valence-electron chi connectivity index (χ0n) is 19.7. The third kappa shape index (κ3) is 5.21. The second kappa shape index (κ2) is 10.2. The highest BCUT2D eigenvalue weighted by molar-refractivity contribution is 6.34. The van der Waals surface area contributed by atoms with Crippen molar-refractivity contribution in [1.82, 2.24) is 20.0 Å². The molecule has 0 bridgehead atoms. The van der Waals surface area contributed by atoms with Crippen molar-refractivity contribution in [3.8, 4) is 11.1 Å². The van der Waals surface area contributed by atoms with Gasteiger partial charge in [-0.1, -0.05) is 36.4 Å². The van der Waals surface area contributed by atoms with Crippen molar-refractivity contribution in [2.45, 2.75) is 37.8 Å². The summed E-state index contributed by atoms with van der Waals surface area (Å²) in [7, 11) is 3.08. The summed E-state index contributed by atoms with van der Waals surface area (Å²) in [6.45, 7) is 2.10. The number of hydrogen-bond donors (Lipinski definition) is 1. The maximum atomic E-state index is 13.8. The molecule has 4 amide bonds. The van der Waals surface area contributed by atoms with E-state index in [0.717, 1.165) is 42.6 Å². The first-order chi connectivity index (χ1) is 16.3. The molecule has 0 aromatic heterocycles. The number of nitrogens with one attached hydrogen (secondary N) is 1. The van der Waals surface area contributed by atoms with Crippen LogP contribution in [-0.4, -0.2) is 78.4 Å². The van der Waals surface area contributed by atoms with E-state index in [2.05, 4.69) is 5.32 Å². The lowest BCUT2D eigenvalue weighted by Crippen LogP contribution is -2.62. The van der Waals surface area contributed by atoms with Crippen molar-refractivity contribution >= 4 is 17.8 Å². The molecule has 2 aliphatic rings. The standard InChI is InChI=1S/C26H31FN4O3/c1-29(2)25(33)24(32)28-22-11-5-14-31(26(34)30-12-6-13-30)23(22)16-18-7-3-8-19(15-18)20-9-4-10-21(27)17-20/h3-4,7-10,15,17,22-23H,5-6,11-14,16H2,1-2H3,(H,28,32). The quantitative estimate of drug-likeness (QED) is 0.705. The van der Waals surface area contributed by atoms with Crippen molar-refractivity contribution < 1.29 is 18.8 Å². The third-order valence-electron chi connectivity index (χ3n) is 6.60. The highest BCUT2D eigenvalue weighted by Crippen LogP contribution is 2.27. The van der Waals surface area contributed by atoms with Crippen LogP contribution in [0.1, 0.15) is 24.8 Å². The molecule has 180 valence electrons. The normalized spacial score (nSPS) is 19.9. The molecule has 2 aromatic carbocycles. The number of benzene rings is 2. The minimum atomic E-state index is -0.660. The molecule has 0 saturated carbocycles. The Morgan fingerprint density at radius 1 is 1.00 bits per heavy atom. The van der Waals surface area contributed by atoms with Gasteiger partial charge in [-0.05, 0) is 54.5 Å². The molecular formula is C26H31FN4O3. The van der Waals surface area contributed by atoms with Crippen LogP contribution in [0.4, 0.5) is 9.18 Å². The predicted molar refractivity (Wildman–Crippen MR) is 127 cm³/mol. The Balaban J connectivity index is 1.60. The van der Waals surface area contributed by atoms with Gasteiger partial charge in [-0.3, -0.25) is 9.59 Å². The fraction of sp³-hybridized carbons (Fsp3) is 0.423. The Kier molecular flexibility index (Phi) is 7.14. The summed E-state index contributed by atoms with van der Waals surface area (Å²) in [4.78, 5) is 42.9. The van der Waals surface area contributed by atoms with Gasteiger partial charge in [0.15, 0.2) is 0 Å². The number of hydrogen-bond acceptors (Lipinski definition) is 3. The summed E-state index contributed by atoms with van der Waals surface area (Å²) < 4.78 is 13.8. The minimum Gasteiger partial charge on any atom is -0.343 e. The molecule has 0 radical (unpaired) electrons. The van der Waals surface area contributed by atoms with Crippen molar-refractivity contribution in [3.63, 3.8) is 0 Å². The summed E-state index contributed by atoms with van der Waals surface area (Å²) in [5, 5.41) is 2.89. The van der Waals surface area contributed by atoms with Gasteiger partial charge in [0.25, 0.3) is 0 Å². The number of nitrogens with zero attached hydrogens (tertiary/aromatic N) is 3. The molecular weight excluding hydrogens is 435 g/mol. The molecule has 7 nitrogen and oxygen atoms in total. The van der Waals surface area contributed by atoms with E-state index in [1.165, 1.54) is 31.1 Å². The molecule has 0 aliphatic carbocycles. The van der Waals surface area contributed by atoms with E-state index >= 15 is 0 Å². The van der Waals surface area contributed by atoms with E-state index in [-0.39, 0.29) is 23.9 Å². The third-order valence-corrected chi connectivity index (χ3v) is 6.60. The fourth-order valence-electron chi connectivity index (χ4n) is 4.63. The van der Waals surface area contributed by atoms with Gasteiger partial charge >= 0.3 is 17.8 Å². The smallest absolute Gasteiger partial charge is 0.320 e. The lowest BCUT2D eigenvalue weighted by molar-refractivity contribution is -0.144. The first-order valence-electron chi connectivity index (χ1n) is 11.8. The van der Waals surface area contributed by atoms with Crippen LogP contribution >= 0.6 is 0 Å². The highest BCUT2D eigenvalue weighted by Gasteiger charge is 2.39.